The average molecular weight is 284 g/mol. The number of aryl methyl sites for hydroxylation is 1. The summed E-state index contributed by atoms with van der Waals surface area (Å²) in [5, 5.41) is 13.3. The Kier molecular flexibility index (Phi) is 3.17. The molecule has 0 fully saturated rings. The van der Waals surface area contributed by atoms with Crippen LogP contribution >= 0.6 is 0 Å². The van der Waals surface area contributed by atoms with Crippen LogP contribution in [0.4, 0.5) is 0 Å². The quantitative estimate of drug-likeness (QED) is 0.548. The van der Waals surface area contributed by atoms with Crippen LogP contribution in [0.25, 0.3) is 22.2 Å². The van der Waals surface area contributed by atoms with Crippen molar-refractivity contribution in [3.8, 4) is 22.8 Å². The van der Waals surface area contributed by atoms with E-state index in [0.29, 0.717) is 17.2 Å². The van der Waals surface area contributed by atoms with E-state index in [1.807, 2.05) is 42.1 Å². The largest absolute Gasteiger partial charge is 0.618 e. The fourth-order valence-electron chi connectivity index (χ4n) is 2.52. The van der Waals surface area contributed by atoms with Gasteiger partial charge in [-0.2, -0.15) is 4.73 Å². The number of benzene rings is 1. The van der Waals surface area contributed by atoms with E-state index in [1.54, 1.807) is 20.3 Å². The highest BCUT2D eigenvalue weighted by Gasteiger charge is 2.18. The van der Waals surface area contributed by atoms with Crippen molar-refractivity contribution in [3.05, 3.63) is 47.9 Å². The van der Waals surface area contributed by atoms with Gasteiger partial charge in [0.25, 0.3) is 0 Å². The van der Waals surface area contributed by atoms with Gasteiger partial charge in [0.15, 0.2) is 6.20 Å². The van der Waals surface area contributed by atoms with Crippen molar-refractivity contribution in [2.24, 2.45) is 7.05 Å². The number of hydrogen-bond donors (Lipinski definition) is 0. The Bertz CT molecular complexity index is 786. The van der Waals surface area contributed by atoms with Crippen molar-refractivity contribution >= 4 is 10.9 Å². The lowest BCUT2D eigenvalue weighted by Crippen LogP contribution is -2.29. The van der Waals surface area contributed by atoms with Gasteiger partial charge in [-0.15, -0.1) is 0 Å². The zero-order valence-corrected chi connectivity index (χ0v) is 12.2. The number of aromatic nitrogens is 2. The zero-order chi connectivity index (χ0) is 15.0. The molecule has 2 aromatic heterocycles. The predicted molar refractivity (Wildman–Crippen MR) is 80.4 cm³/mol. The Labute approximate surface area is 122 Å². The maximum absolute atomic E-state index is 12.3. The fraction of sp³-hybridized carbons (Fsp3) is 0.188. The normalized spacial score (nSPS) is 10.8. The fourth-order valence-corrected chi connectivity index (χ4v) is 2.52. The standard InChI is InChI=1S/C16H16N2O3/c1-17-6-4-11-5-7-18(19)16(15(11)17)12-8-13(20-2)10-14(9-12)21-3/h4-10H,1-3H3. The molecule has 0 saturated heterocycles. The predicted octanol–water partition coefficient (Wildman–Crippen LogP) is 2.50. The van der Waals surface area contributed by atoms with Crippen molar-refractivity contribution in [1.29, 1.82) is 0 Å². The van der Waals surface area contributed by atoms with Gasteiger partial charge in [0, 0.05) is 30.8 Å². The molecule has 0 bridgehead atoms. The van der Waals surface area contributed by atoms with Crippen molar-refractivity contribution in [2.45, 2.75) is 0 Å². The molecule has 0 radical (unpaired) electrons. The summed E-state index contributed by atoms with van der Waals surface area (Å²) in [4.78, 5) is 0. The number of ether oxygens (including phenoxy) is 2. The minimum atomic E-state index is 0.581. The molecule has 0 N–H and O–H groups in total. The van der Waals surface area contributed by atoms with Gasteiger partial charge in [-0.25, -0.2) is 0 Å². The molecular formula is C16H16N2O3. The van der Waals surface area contributed by atoms with Crippen molar-refractivity contribution in [1.82, 2.24) is 4.57 Å². The Morgan fingerprint density at radius 1 is 1.05 bits per heavy atom. The summed E-state index contributed by atoms with van der Waals surface area (Å²) in [6.45, 7) is 0. The minimum absolute atomic E-state index is 0.581. The number of fused-ring (bicyclic) bond motifs is 1. The average Bonchev–Trinajstić information content (AvgIpc) is 2.88. The molecule has 21 heavy (non-hydrogen) atoms. The summed E-state index contributed by atoms with van der Waals surface area (Å²) in [5.74, 6) is 1.30. The lowest BCUT2D eigenvalue weighted by Gasteiger charge is -2.10. The van der Waals surface area contributed by atoms with Crippen LogP contribution in [0.2, 0.25) is 0 Å². The van der Waals surface area contributed by atoms with Crippen LogP contribution in [0.1, 0.15) is 0 Å². The van der Waals surface area contributed by atoms with Gasteiger partial charge in [0.1, 0.15) is 17.0 Å². The first-order valence-corrected chi connectivity index (χ1v) is 6.54. The molecule has 3 rings (SSSR count). The van der Waals surface area contributed by atoms with E-state index < -0.39 is 0 Å². The van der Waals surface area contributed by atoms with Crippen LogP contribution in [-0.2, 0) is 7.05 Å². The van der Waals surface area contributed by atoms with Gasteiger partial charge in [-0.1, -0.05) is 0 Å². The van der Waals surface area contributed by atoms with Crippen LogP contribution in [0.5, 0.6) is 11.5 Å². The number of pyridine rings is 1. The molecule has 3 aromatic rings. The highest BCUT2D eigenvalue weighted by molar-refractivity contribution is 5.91. The van der Waals surface area contributed by atoms with Crippen LogP contribution in [0.15, 0.2) is 42.7 Å². The molecule has 0 atom stereocenters. The third-order valence-electron chi connectivity index (χ3n) is 3.56. The lowest BCUT2D eigenvalue weighted by atomic mass is 10.1. The first kappa shape index (κ1) is 13.3. The Balaban J connectivity index is 2.34. The monoisotopic (exact) mass is 284 g/mol. The Morgan fingerprint density at radius 2 is 1.71 bits per heavy atom. The molecule has 0 aliphatic carbocycles. The number of rotatable bonds is 3. The molecule has 0 amide bonds. The van der Waals surface area contributed by atoms with Crippen molar-refractivity contribution in [3.63, 3.8) is 0 Å². The van der Waals surface area contributed by atoms with Crippen molar-refractivity contribution < 1.29 is 14.2 Å². The summed E-state index contributed by atoms with van der Waals surface area (Å²) >= 11 is 0. The summed E-state index contributed by atoms with van der Waals surface area (Å²) in [7, 11) is 5.10. The second kappa shape index (κ2) is 5.01. The molecular weight excluding hydrogens is 268 g/mol. The molecule has 5 nitrogen and oxygen atoms in total. The SMILES string of the molecule is COc1cc(OC)cc(-c2c3c(ccn3C)cc[n+]2[O-])c1. The van der Waals surface area contributed by atoms with Gasteiger partial charge < -0.3 is 19.2 Å². The smallest absolute Gasteiger partial charge is 0.248 e. The number of nitrogens with zero attached hydrogens (tertiary/aromatic N) is 2. The molecule has 2 heterocycles. The highest BCUT2D eigenvalue weighted by Crippen LogP contribution is 2.32. The second-order valence-corrected chi connectivity index (χ2v) is 4.82. The number of methoxy groups -OCH3 is 2. The Hall–Kier alpha value is -2.69. The molecule has 0 unspecified atom stereocenters. The van der Waals surface area contributed by atoms with Gasteiger partial charge in [-0.05, 0) is 18.2 Å². The van der Waals surface area contributed by atoms with Gasteiger partial charge in [0.05, 0.1) is 19.8 Å². The van der Waals surface area contributed by atoms with Crippen molar-refractivity contribution in [2.75, 3.05) is 14.2 Å². The summed E-state index contributed by atoms with van der Waals surface area (Å²) in [6, 6.07) is 9.24. The minimum Gasteiger partial charge on any atom is -0.618 e. The molecule has 1 aromatic carbocycles. The maximum Gasteiger partial charge on any atom is 0.248 e. The molecule has 0 aliphatic heterocycles. The van der Waals surface area contributed by atoms with E-state index >= 15 is 0 Å². The molecule has 0 spiro atoms. The molecule has 5 heteroatoms. The topological polar surface area (TPSA) is 50.3 Å². The van der Waals surface area contributed by atoms with Crippen LogP contribution in [-0.4, -0.2) is 18.8 Å². The third-order valence-corrected chi connectivity index (χ3v) is 3.56. The first-order chi connectivity index (χ1) is 10.1. The van der Waals surface area contributed by atoms with Gasteiger partial charge in [-0.3, -0.25) is 0 Å². The molecule has 0 aliphatic rings. The number of hydrogen-bond acceptors (Lipinski definition) is 3. The molecule has 108 valence electrons. The van der Waals surface area contributed by atoms with E-state index in [1.165, 1.54) is 6.20 Å². The van der Waals surface area contributed by atoms with E-state index in [2.05, 4.69) is 0 Å². The van der Waals surface area contributed by atoms with E-state index in [0.717, 1.165) is 21.2 Å². The lowest BCUT2D eigenvalue weighted by molar-refractivity contribution is -0.592. The summed E-state index contributed by atoms with van der Waals surface area (Å²) in [6.07, 6.45) is 3.45. The van der Waals surface area contributed by atoms with E-state index in [-0.39, 0.29) is 0 Å². The highest BCUT2D eigenvalue weighted by atomic mass is 16.5. The van der Waals surface area contributed by atoms with Crippen LogP contribution < -0.4 is 14.2 Å². The van der Waals surface area contributed by atoms with Gasteiger partial charge in [0.2, 0.25) is 5.69 Å². The third kappa shape index (κ3) is 2.16. The van der Waals surface area contributed by atoms with E-state index in [4.69, 9.17) is 9.47 Å². The zero-order valence-electron chi connectivity index (χ0n) is 12.2. The van der Waals surface area contributed by atoms with Crippen LogP contribution in [0.3, 0.4) is 0 Å². The van der Waals surface area contributed by atoms with Crippen LogP contribution in [0, 0.1) is 5.21 Å². The molecule has 0 saturated carbocycles. The second-order valence-electron chi connectivity index (χ2n) is 4.82. The Morgan fingerprint density at radius 3 is 2.33 bits per heavy atom. The summed E-state index contributed by atoms with van der Waals surface area (Å²) < 4.78 is 13.4. The van der Waals surface area contributed by atoms with Gasteiger partial charge >= 0.3 is 0 Å². The first-order valence-electron chi connectivity index (χ1n) is 6.54. The maximum atomic E-state index is 12.3. The van der Waals surface area contributed by atoms with E-state index in [9.17, 15) is 5.21 Å². The summed E-state index contributed by atoms with van der Waals surface area (Å²) in [5.41, 5.74) is 2.22.